The molecule has 19 heavy (non-hydrogen) atoms. The van der Waals surface area contributed by atoms with Crippen molar-refractivity contribution in [2.75, 3.05) is 0 Å². The molecule has 0 aliphatic carbocycles. The summed E-state index contributed by atoms with van der Waals surface area (Å²) in [7, 11) is 1.49. The number of ether oxygens (including phenoxy) is 1. The van der Waals surface area contributed by atoms with Crippen molar-refractivity contribution in [1.29, 1.82) is 0 Å². The van der Waals surface area contributed by atoms with E-state index in [0.717, 1.165) is 12.4 Å². The highest BCUT2D eigenvalue weighted by molar-refractivity contribution is 5.90. The number of rotatable bonds is 4. The lowest BCUT2D eigenvalue weighted by Gasteiger charge is -2.04. The van der Waals surface area contributed by atoms with Gasteiger partial charge in [0.25, 0.3) is 0 Å². The van der Waals surface area contributed by atoms with Crippen LogP contribution >= 0.6 is 0 Å². The van der Waals surface area contributed by atoms with Gasteiger partial charge in [0, 0.05) is 13.2 Å². The first-order valence-electron chi connectivity index (χ1n) is 5.02. The Morgan fingerprint density at radius 3 is 2.95 bits per heavy atom. The topological polar surface area (TPSA) is 120 Å². The van der Waals surface area contributed by atoms with Crippen molar-refractivity contribution in [3.63, 3.8) is 0 Å². The Morgan fingerprint density at radius 1 is 1.58 bits per heavy atom. The molecule has 2 heterocycles. The summed E-state index contributed by atoms with van der Waals surface area (Å²) in [6, 6.07) is 1.23. The maximum absolute atomic E-state index is 11.0. The van der Waals surface area contributed by atoms with E-state index in [1.165, 1.54) is 24.0 Å². The molecule has 2 rings (SSSR count). The highest BCUT2D eigenvalue weighted by Gasteiger charge is 2.22. The summed E-state index contributed by atoms with van der Waals surface area (Å²) in [6.07, 6.45) is 3.59. The van der Waals surface area contributed by atoms with Crippen LogP contribution in [0, 0.1) is 10.1 Å². The molecule has 0 aromatic carbocycles. The smallest absolute Gasteiger partial charge is 0.350 e. The van der Waals surface area contributed by atoms with Crippen LogP contribution < -0.4 is 4.74 Å². The van der Waals surface area contributed by atoms with Crippen molar-refractivity contribution in [1.82, 2.24) is 14.8 Å². The lowest BCUT2D eigenvalue weighted by molar-refractivity contribution is -0.385. The number of carbonyl (C=O) groups is 1. The van der Waals surface area contributed by atoms with Gasteiger partial charge in [-0.15, -0.1) is 5.10 Å². The minimum Gasteiger partial charge on any atom is -0.478 e. The minimum atomic E-state index is -1.23. The first-order valence-corrected chi connectivity index (χ1v) is 5.02. The van der Waals surface area contributed by atoms with Crippen LogP contribution in [0.2, 0.25) is 0 Å². The quantitative estimate of drug-likeness (QED) is 0.650. The highest BCUT2D eigenvalue weighted by Crippen LogP contribution is 2.30. The number of aryl methyl sites for hydroxylation is 1. The second kappa shape index (κ2) is 4.72. The molecule has 0 aliphatic heterocycles. The van der Waals surface area contributed by atoms with E-state index in [-0.39, 0.29) is 22.9 Å². The average Bonchev–Trinajstić information content (AvgIpc) is 2.71. The van der Waals surface area contributed by atoms with Crippen LogP contribution in [0.15, 0.2) is 24.7 Å². The molecular formula is C10H8N4O5. The van der Waals surface area contributed by atoms with Crippen LogP contribution in [-0.2, 0) is 7.05 Å². The molecule has 0 radical (unpaired) electrons. The van der Waals surface area contributed by atoms with Gasteiger partial charge < -0.3 is 9.84 Å². The molecule has 0 fully saturated rings. The first-order chi connectivity index (χ1) is 8.99. The van der Waals surface area contributed by atoms with Crippen LogP contribution in [0.3, 0.4) is 0 Å². The maximum atomic E-state index is 11.0. The Hall–Kier alpha value is -2.97. The molecule has 9 nitrogen and oxygen atoms in total. The van der Waals surface area contributed by atoms with Crippen LogP contribution in [0.25, 0.3) is 0 Å². The molecule has 1 N–H and O–H groups in total. The van der Waals surface area contributed by atoms with E-state index in [2.05, 4.69) is 10.1 Å². The third-order valence-corrected chi connectivity index (χ3v) is 2.20. The van der Waals surface area contributed by atoms with Crippen molar-refractivity contribution in [3.8, 4) is 11.6 Å². The molecule has 0 spiro atoms. The van der Waals surface area contributed by atoms with Crippen molar-refractivity contribution in [2.45, 2.75) is 0 Å². The number of nitro groups is 1. The Kier molecular flexibility index (Phi) is 3.10. The number of carboxylic acid groups (broad SMARTS) is 1. The van der Waals surface area contributed by atoms with Crippen LogP contribution in [0.4, 0.5) is 5.69 Å². The molecule has 0 aliphatic rings. The van der Waals surface area contributed by atoms with E-state index >= 15 is 0 Å². The fraction of sp³-hybridized carbons (Fsp3) is 0.100. The zero-order valence-electron chi connectivity index (χ0n) is 9.68. The molecule has 0 amide bonds. The molecule has 0 saturated heterocycles. The van der Waals surface area contributed by atoms with Crippen molar-refractivity contribution >= 4 is 11.7 Å². The number of pyridine rings is 1. The van der Waals surface area contributed by atoms with E-state index in [1.807, 2.05) is 0 Å². The van der Waals surface area contributed by atoms with Crippen LogP contribution in [-0.4, -0.2) is 30.8 Å². The predicted molar refractivity (Wildman–Crippen MR) is 61.1 cm³/mol. The normalized spacial score (nSPS) is 10.2. The Bertz CT molecular complexity index is 651. The fourth-order valence-electron chi connectivity index (χ4n) is 1.40. The SMILES string of the molecule is Cn1cc([N+](=O)[O-])c(Oc2cnccc2C(=O)O)n1. The van der Waals surface area contributed by atoms with Gasteiger partial charge in [-0.1, -0.05) is 0 Å². The monoisotopic (exact) mass is 264 g/mol. The largest absolute Gasteiger partial charge is 0.478 e. The van der Waals surface area contributed by atoms with E-state index in [1.54, 1.807) is 0 Å². The summed E-state index contributed by atoms with van der Waals surface area (Å²) in [4.78, 5) is 24.8. The van der Waals surface area contributed by atoms with Crippen molar-refractivity contribution in [3.05, 3.63) is 40.3 Å². The van der Waals surface area contributed by atoms with E-state index in [9.17, 15) is 14.9 Å². The summed E-state index contributed by atoms with van der Waals surface area (Å²) < 4.78 is 6.37. The third-order valence-electron chi connectivity index (χ3n) is 2.20. The summed E-state index contributed by atoms with van der Waals surface area (Å²) in [5, 5.41) is 23.5. The zero-order chi connectivity index (χ0) is 14.0. The Morgan fingerprint density at radius 2 is 2.32 bits per heavy atom. The Balaban J connectivity index is 2.42. The number of aromatic nitrogens is 3. The van der Waals surface area contributed by atoms with Gasteiger partial charge in [0.2, 0.25) is 0 Å². The first kappa shape index (κ1) is 12.5. The minimum absolute atomic E-state index is 0.114. The molecule has 0 bridgehead atoms. The molecule has 0 atom stereocenters. The lowest BCUT2D eigenvalue weighted by atomic mass is 10.2. The summed E-state index contributed by atoms with van der Waals surface area (Å²) in [5.74, 6) is -1.63. The summed E-state index contributed by atoms with van der Waals surface area (Å²) >= 11 is 0. The highest BCUT2D eigenvalue weighted by atomic mass is 16.6. The van der Waals surface area contributed by atoms with Gasteiger partial charge in [0.15, 0.2) is 5.75 Å². The van der Waals surface area contributed by atoms with Gasteiger partial charge >= 0.3 is 17.5 Å². The second-order valence-electron chi connectivity index (χ2n) is 3.53. The van der Waals surface area contributed by atoms with Gasteiger partial charge in [-0.2, -0.15) is 0 Å². The lowest BCUT2D eigenvalue weighted by Crippen LogP contribution is -2.01. The average molecular weight is 264 g/mol. The summed E-state index contributed by atoms with van der Waals surface area (Å²) in [6.45, 7) is 0. The summed E-state index contributed by atoms with van der Waals surface area (Å²) in [5.41, 5.74) is -0.516. The van der Waals surface area contributed by atoms with Crippen LogP contribution in [0.5, 0.6) is 11.6 Å². The number of hydrogen-bond acceptors (Lipinski definition) is 6. The van der Waals surface area contributed by atoms with E-state index < -0.39 is 10.9 Å². The molecule has 2 aromatic rings. The third kappa shape index (κ3) is 2.49. The van der Waals surface area contributed by atoms with Gasteiger partial charge in [-0.3, -0.25) is 19.8 Å². The molecule has 2 aromatic heterocycles. The molecule has 9 heteroatoms. The van der Waals surface area contributed by atoms with Gasteiger partial charge in [0.1, 0.15) is 11.8 Å². The number of carboxylic acids is 1. The number of aromatic carboxylic acids is 1. The Labute approximate surface area is 106 Å². The van der Waals surface area contributed by atoms with Crippen molar-refractivity contribution < 1.29 is 19.6 Å². The molecule has 0 saturated carbocycles. The maximum Gasteiger partial charge on any atom is 0.350 e. The van der Waals surface area contributed by atoms with Gasteiger partial charge in [-0.25, -0.2) is 4.79 Å². The predicted octanol–water partition coefficient (Wildman–Crippen LogP) is 1.21. The second-order valence-corrected chi connectivity index (χ2v) is 3.53. The van der Waals surface area contributed by atoms with Crippen molar-refractivity contribution in [2.24, 2.45) is 7.05 Å². The van der Waals surface area contributed by atoms with E-state index in [0.29, 0.717) is 0 Å². The zero-order valence-corrected chi connectivity index (χ0v) is 9.68. The number of nitrogens with zero attached hydrogens (tertiary/aromatic N) is 4. The van der Waals surface area contributed by atoms with Gasteiger partial charge in [0.05, 0.1) is 11.1 Å². The fourth-order valence-corrected chi connectivity index (χ4v) is 1.40. The number of hydrogen-bond donors (Lipinski definition) is 1. The van der Waals surface area contributed by atoms with Crippen LogP contribution in [0.1, 0.15) is 10.4 Å². The molecular weight excluding hydrogens is 256 g/mol. The van der Waals surface area contributed by atoms with Gasteiger partial charge in [-0.05, 0) is 6.07 Å². The molecule has 0 unspecified atom stereocenters. The molecule has 98 valence electrons. The van der Waals surface area contributed by atoms with E-state index in [4.69, 9.17) is 9.84 Å². The standard InChI is InChI=1S/C10H8N4O5/c1-13-5-7(14(17)18)9(12-13)19-8-4-11-3-2-6(8)10(15)16/h2-5H,1H3,(H,15,16).